The molecule has 0 spiro atoms. The molecule has 13 heavy (non-hydrogen) atoms. The molecule has 0 atom stereocenters. The van der Waals surface area contributed by atoms with Gasteiger partial charge in [-0.15, -0.1) is 0 Å². The third-order valence-electron chi connectivity index (χ3n) is 2.62. The van der Waals surface area contributed by atoms with E-state index in [0.717, 1.165) is 6.42 Å². The van der Waals surface area contributed by atoms with Crippen molar-refractivity contribution in [2.45, 2.75) is 19.3 Å². The first-order valence-electron chi connectivity index (χ1n) is 4.53. The molecule has 0 amide bonds. The van der Waals surface area contributed by atoms with Gasteiger partial charge in [0.05, 0.1) is 6.20 Å². The molecule has 0 saturated carbocycles. The lowest BCUT2D eigenvalue weighted by atomic mass is 10.1. The summed E-state index contributed by atoms with van der Waals surface area (Å²) >= 11 is 1.79. The highest BCUT2D eigenvalue weighted by Gasteiger charge is 2.15. The van der Waals surface area contributed by atoms with E-state index in [2.05, 4.69) is 21.0 Å². The van der Waals surface area contributed by atoms with Crippen LogP contribution < -0.4 is 0 Å². The van der Waals surface area contributed by atoms with Gasteiger partial charge in [0.15, 0.2) is 0 Å². The number of aromatic nitrogens is 2. The Hall–Kier alpha value is -1.09. The minimum absolute atomic E-state index is 1.13. The highest BCUT2D eigenvalue weighted by atomic mass is 32.1. The Bertz CT molecular complexity index is 387. The topological polar surface area (TPSA) is 28.7 Å². The van der Waals surface area contributed by atoms with Crippen LogP contribution in [0.3, 0.4) is 0 Å². The second kappa shape index (κ2) is 2.70. The number of nitrogens with one attached hydrogen (secondary N) is 1. The largest absolute Gasteiger partial charge is 0.282 e. The first kappa shape index (κ1) is 7.33. The Morgan fingerprint density at radius 3 is 3.23 bits per heavy atom. The van der Waals surface area contributed by atoms with Crippen LogP contribution in [0.5, 0.6) is 0 Å². The highest BCUT2D eigenvalue weighted by molar-refractivity contribution is 7.08. The van der Waals surface area contributed by atoms with Gasteiger partial charge in [0.25, 0.3) is 0 Å². The molecule has 0 fully saturated rings. The molecule has 0 aromatic carbocycles. The Morgan fingerprint density at radius 2 is 2.23 bits per heavy atom. The predicted octanol–water partition coefficient (Wildman–Crippen LogP) is 2.63. The van der Waals surface area contributed by atoms with E-state index in [1.54, 1.807) is 11.3 Å². The third kappa shape index (κ3) is 1.04. The van der Waals surface area contributed by atoms with Crippen molar-refractivity contribution in [3.8, 4) is 11.1 Å². The molecular weight excluding hydrogens is 180 g/mol. The van der Waals surface area contributed by atoms with Gasteiger partial charge in [-0.3, -0.25) is 5.10 Å². The summed E-state index contributed by atoms with van der Waals surface area (Å²) in [7, 11) is 0. The molecule has 2 nitrogen and oxygen atoms in total. The van der Waals surface area contributed by atoms with Crippen LogP contribution >= 0.6 is 11.3 Å². The van der Waals surface area contributed by atoms with Crippen LogP contribution in [0.25, 0.3) is 11.1 Å². The second-order valence-electron chi connectivity index (χ2n) is 3.43. The lowest BCUT2D eigenvalue weighted by Gasteiger charge is -1.95. The molecule has 2 aromatic rings. The molecule has 66 valence electrons. The van der Waals surface area contributed by atoms with Crippen molar-refractivity contribution in [3.05, 3.63) is 28.2 Å². The second-order valence-corrected chi connectivity index (χ2v) is 4.17. The van der Waals surface area contributed by atoms with Crippen molar-refractivity contribution in [1.82, 2.24) is 10.2 Å². The van der Waals surface area contributed by atoms with E-state index < -0.39 is 0 Å². The summed E-state index contributed by atoms with van der Waals surface area (Å²) < 4.78 is 0. The molecule has 0 saturated heterocycles. The van der Waals surface area contributed by atoms with E-state index >= 15 is 0 Å². The summed E-state index contributed by atoms with van der Waals surface area (Å²) in [4.78, 5) is 0. The average molecular weight is 190 g/mol. The first-order chi connectivity index (χ1) is 6.45. The van der Waals surface area contributed by atoms with Crippen molar-refractivity contribution < 1.29 is 0 Å². The normalized spacial score (nSPS) is 14.8. The van der Waals surface area contributed by atoms with Crippen LogP contribution in [0.4, 0.5) is 0 Å². The van der Waals surface area contributed by atoms with Gasteiger partial charge in [0.2, 0.25) is 0 Å². The molecule has 2 heterocycles. The summed E-state index contributed by atoms with van der Waals surface area (Å²) in [5.74, 6) is 0. The summed E-state index contributed by atoms with van der Waals surface area (Å²) in [6.45, 7) is 0. The van der Waals surface area contributed by atoms with Crippen LogP contribution in [0.1, 0.15) is 17.7 Å². The van der Waals surface area contributed by atoms with Crippen molar-refractivity contribution in [2.75, 3.05) is 0 Å². The van der Waals surface area contributed by atoms with Gasteiger partial charge >= 0.3 is 0 Å². The Balaban J connectivity index is 2.27. The van der Waals surface area contributed by atoms with Gasteiger partial charge in [-0.2, -0.15) is 16.4 Å². The zero-order chi connectivity index (χ0) is 8.67. The lowest BCUT2D eigenvalue weighted by Crippen LogP contribution is -1.85. The van der Waals surface area contributed by atoms with Crippen LogP contribution in [0, 0.1) is 0 Å². The maximum atomic E-state index is 4.10. The standard InChI is InChI=1S/C10H10N2S/c1-2-7-5-13-6-9(7)8-4-11-12-10(8)3-1/h4-6H,1-3H2,(H,11,12). The van der Waals surface area contributed by atoms with Crippen molar-refractivity contribution in [2.24, 2.45) is 0 Å². The van der Waals surface area contributed by atoms with Gasteiger partial charge in [0, 0.05) is 11.3 Å². The van der Waals surface area contributed by atoms with Gasteiger partial charge < -0.3 is 0 Å². The minimum Gasteiger partial charge on any atom is -0.282 e. The molecule has 0 aliphatic heterocycles. The van der Waals surface area contributed by atoms with Crippen LogP contribution in [-0.4, -0.2) is 10.2 Å². The van der Waals surface area contributed by atoms with Gasteiger partial charge in [0.1, 0.15) is 0 Å². The highest BCUT2D eigenvalue weighted by Crippen LogP contribution is 2.33. The fourth-order valence-corrected chi connectivity index (χ4v) is 2.84. The molecule has 2 aromatic heterocycles. The third-order valence-corrected chi connectivity index (χ3v) is 3.42. The van der Waals surface area contributed by atoms with E-state index in [1.165, 1.54) is 35.2 Å². The number of aromatic amines is 1. The summed E-state index contributed by atoms with van der Waals surface area (Å²) in [6.07, 6.45) is 5.53. The SMILES string of the molecule is c1scc2c1CCCc1[nH]ncc1-2. The number of aryl methyl sites for hydroxylation is 2. The molecule has 1 aliphatic carbocycles. The summed E-state index contributed by atoms with van der Waals surface area (Å²) in [5.41, 5.74) is 5.50. The quantitative estimate of drug-likeness (QED) is 0.679. The molecule has 1 N–H and O–H groups in total. The first-order valence-corrected chi connectivity index (χ1v) is 5.47. The Labute approximate surface area is 80.6 Å². The number of thiophene rings is 1. The molecule has 3 heteroatoms. The van der Waals surface area contributed by atoms with Gasteiger partial charge in [-0.1, -0.05) is 0 Å². The smallest absolute Gasteiger partial charge is 0.0569 e. The monoisotopic (exact) mass is 190 g/mol. The number of fused-ring (bicyclic) bond motifs is 3. The van der Waals surface area contributed by atoms with Crippen LogP contribution in [0.2, 0.25) is 0 Å². The molecule has 0 bridgehead atoms. The number of nitrogens with zero attached hydrogens (tertiary/aromatic N) is 1. The predicted molar refractivity (Wildman–Crippen MR) is 53.9 cm³/mol. The Kier molecular flexibility index (Phi) is 1.52. The van der Waals surface area contributed by atoms with Crippen molar-refractivity contribution in [3.63, 3.8) is 0 Å². The van der Waals surface area contributed by atoms with E-state index in [-0.39, 0.29) is 0 Å². The molecule has 0 unspecified atom stereocenters. The minimum atomic E-state index is 1.13. The maximum Gasteiger partial charge on any atom is 0.0569 e. The van der Waals surface area contributed by atoms with Crippen molar-refractivity contribution in [1.29, 1.82) is 0 Å². The molecular formula is C10H10N2S. The van der Waals surface area contributed by atoms with Crippen LogP contribution in [-0.2, 0) is 12.8 Å². The van der Waals surface area contributed by atoms with E-state index in [9.17, 15) is 0 Å². The maximum absolute atomic E-state index is 4.10. The molecule has 3 rings (SSSR count). The van der Waals surface area contributed by atoms with Crippen molar-refractivity contribution >= 4 is 11.3 Å². The van der Waals surface area contributed by atoms with Crippen LogP contribution in [0.15, 0.2) is 17.0 Å². The number of rotatable bonds is 0. The van der Waals surface area contributed by atoms with Gasteiger partial charge in [-0.25, -0.2) is 0 Å². The van der Waals surface area contributed by atoms with Gasteiger partial charge in [-0.05, 0) is 41.1 Å². The Morgan fingerprint density at radius 1 is 1.23 bits per heavy atom. The fourth-order valence-electron chi connectivity index (χ4n) is 1.94. The summed E-state index contributed by atoms with van der Waals surface area (Å²) in [5, 5.41) is 11.7. The zero-order valence-electron chi connectivity index (χ0n) is 7.21. The molecule has 0 radical (unpaired) electrons. The number of H-pyrrole nitrogens is 1. The lowest BCUT2D eigenvalue weighted by molar-refractivity contribution is 0.805. The van der Waals surface area contributed by atoms with E-state index in [1.807, 2.05) is 6.20 Å². The number of hydrogen-bond donors (Lipinski definition) is 1. The molecule has 1 aliphatic rings. The fraction of sp³-hybridized carbons (Fsp3) is 0.300. The average Bonchev–Trinajstić information content (AvgIpc) is 2.72. The van der Waals surface area contributed by atoms with E-state index in [0.29, 0.717) is 0 Å². The van der Waals surface area contributed by atoms with E-state index in [4.69, 9.17) is 0 Å². The number of hydrogen-bond acceptors (Lipinski definition) is 2. The summed E-state index contributed by atoms with van der Waals surface area (Å²) in [6, 6.07) is 0. The zero-order valence-corrected chi connectivity index (χ0v) is 8.03.